The Kier molecular flexibility index (Phi) is 4.92. The van der Waals surface area contributed by atoms with Crippen molar-refractivity contribution in [3.05, 3.63) is 23.2 Å². The van der Waals surface area contributed by atoms with Crippen molar-refractivity contribution in [1.29, 1.82) is 0 Å². The van der Waals surface area contributed by atoms with E-state index in [2.05, 4.69) is 35.2 Å². The van der Waals surface area contributed by atoms with Gasteiger partial charge < -0.3 is 14.7 Å². The first kappa shape index (κ1) is 15.9. The largest absolute Gasteiger partial charge is 0.383 e. The molecule has 0 aliphatic carbocycles. The minimum atomic E-state index is 0.443. The van der Waals surface area contributed by atoms with Gasteiger partial charge in [-0.3, -0.25) is 4.90 Å². The normalized spacial score (nSPS) is 15.9. The van der Waals surface area contributed by atoms with E-state index in [4.69, 9.17) is 16.1 Å². The summed E-state index contributed by atoms with van der Waals surface area (Å²) in [4.78, 5) is 17.3. The third-order valence-electron chi connectivity index (χ3n) is 3.88. The molecule has 2 aromatic heterocycles. The Morgan fingerprint density at radius 2 is 2.04 bits per heavy atom. The Labute approximate surface area is 139 Å². The van der Waals surface area contributed by atoms with Gasteiger partial charge in [0.1, 0.15) is 12.0 Å². The van der Waals surface area contributed by atoms with E-state index in [1.807, 2.05) is 14.0 Å². The molecule has 2 aromatic rings. The van der Waals surface area contributed by atoms with E-state index in [1.54, 1.807) is 0 Å². The van der Waals surface area contributed by atoms with Crippen LogP contribution in [-0.2, 0) is 13.0 Å². The number of hydrogen-bond donors (Lipinski definition) is 1. The lowest BCUT2D eigenvalue weighted by Gasteiger charge is -2.35. The summed E-state index contributed by atoms with van der Waals surface area (Å²) in [6, 6.07) is 0. The summed E-state index contributed by atoms with van der Waals surface area (Å²) in [7, 11) is 1.83. The molecule has 0 saturated carbocycles. The van der Waals surface area contributed by atoms with E-state index < -0.39 is 0 Å². The number of hydrogen-bond acceptors (Lipinski definition) is 8. The second kappa shape index (κ2) is 7.10. The van der Waals surface area contributed by atoms with Crippen LogP contribution in [0.1, 0.15) is 18.6 Å². The molecule has 0 unspecified atom stereocenters. The molecule has 1 aliphatic heterocycles. The predicted molar refractivity (Wildman–Crippen MR) is 87.8 cm³/mol. The van der Waals surface area contributed by atoms with Crippen molar-refractivity contribution in [1.82, 2.24) is 25.0 Å². The van der Waals surface area contributed by atoms with Crippen LogP contribution >= 0.6 is 11.6 Å². The number of aromatic nitrogens is 4. The minimum Gasteiger partial charge on any atom is -0.383 e. The van der Waals surface area contributed by atoms with E-state index in [1.165, 1.54) is 6.33 Å². The number of nitrogens with zero attached hydrogens (tertiary/aromatic N) is 6. The lowest BCUT2D eigenvalue weighted by Crippen LogP contribution is -2.46. The number of rotatable bonds is 5. The van der Waals surface area contributed by atoms with Gasteiger partial charge in [0.15, 0.2) is 16.8 Å². The summed E-state index contributed by atoms with van der Waals surface area (Å²) in [6.45, 7) is 6.24. The third-order valence-corrected chi connectivity index (χ3v) is 4.17. The van der Waals surface area contributed by atoms with Crippen LogP contribution in [0.5, 0.6) is 0 Å². The molecule has 8 nitrogen and oxygen atoms in total. The van der Waals surface area contributed by atoms with E-state index >= 15 is 0 Å². The maximum Gasteiger partial charge on any atom is 0.226 e. The van der Waals surface area contributed by atoms with Crippen LogP contribution in [0.2, 0.25) is 5.15 Å². The average Bonchev–Trinajstić information content (AvgIpc) is 3.03. The Bertz CT molecular complexity index is 654. The second-order valence-electron chi connectivity index (χ2n) is 5.33. The summed E-state index contributed by atoms with van der Waals surface area (Å²) < 4.78 is 5.15. The second-order valence-corrected chi connectivity index (χ2v) is 5.69. The molecule has 124 valence electrons. The first-order valence-corrected chi connectivity index (χ1v) is 8.06. The van der Waals surface area contributed by atoms with Crippen LogP contribution in [0.4, 0.5) is 11.5 Å². The van der Waals surface area contributed by atoms with Crippen molar-refractivity contribution in [2.45, 2.75) is 19.9 Å². The molecule has 1 aliphatic rings. The Morgan fingerprint density at radius 3 is 2.70 bits per heavy atom. The number of aryl methyl sites for hydroxylation is 1. The van der Waals surface area contributed by atoms with Crippen molar-refractivity contribution in [2.24, 2.45) is 0 Å². The highest BCUT2D eigenvalue weighted by Crippen LogP contribution is 2.29. The van der Waals surface area contributed by atoms with Crippen molar-refractivity contribution in [2.75, 3.05) is 43.4 Å². The molecule has 0 bridgehead atoms. The van der Waals surface area contributed by atoms with Crippen LogP contribution in [0.15, 0.2) is 10.9 Å². The highest BCUT2D eigenvalue weighted by Gasteiger charge is 2.22. The fourth-order valence-electron chi connectivity index (χ4n) is 2.63. The van der Waals surface area contributed by atoms with E-state index in [0.717, 1.165) is 49.9 Å². The van der Waals surface area contributed by atoms with Crippen LogP contribution in [-0.4, -0.2) is 58.2 Å². The highest BCUT2D eigenvalue weighted by molar-refractivity contribution is 6.32. The molecule has 9 heteroatoms. The number of piperazine rings is 1. The van der Waals surface area contributed by atoms with Gasteiger partial charge in [-0.15, -0.1) is 0 Å². The third kappa shape index (κ3) is 3.53. The smallest absolute Gasteiger partial charge is 0.226 e. The standard InChI is InChI=1S/C14H20ClN7O/c1-3-11-19-10(20-23-11)8-21-4-6-22(7-5-21)14-12(16-2)13(15)17-9-18-14/h9,16H,3-8H2,1-2H3. The fourth-order valence-corrected chi connectivity index (χ4v) is 2.85. The number of anilines is 2. The summed E-state index contributed by atoms with van der Waals surface area (Å²) in [5.41, 5.74) is 0.772. The van der Waals surface area contributed by atoms with Crippen molar-refractivity contribution in [3.8, 4) is 0 Å². The van der Waals surface area contributed by atoms with Gasteiger partial charge in [-0.05, 0) is 0 Å². The Hall–Kier alpha value is -1.93. The maximum atomic E-state index is 6.12. The van der Waals surface area contributed by atoms with Crippen LogP contribution in [0, 0.1) is 0 Å². The van der Waals surface area contributed by atoms with Gasteiger partial charge in [0.2, 0.25) is 5.89 Å². The molecule has 1 fully saturated rings. The summed E-state index contributed by atoms with van der Waals surface area (Å²) in [6.07, 6.45) is 2.26. The average molecular weight is 338 g/mol. The first-order chi connectivity index (χ1) is 11.2. The maximum absolute atomic E-state index is 6.12. The van der Waals surface area contributed by atoms with Crippen molar-refractivity contribution < 1.29 is 4.52 Å². The lowest BCUT2D eigenvalue weighted by atomic mass is 10.3. The zero-order valence-corrected chi connectivity index (χ0v) is 14.0. The fraction of sp³-hybridized carbons (Fsp3) is 0.571. The zero-order chi connectivity index (χ0) is 16.2. The van der Waals surface area contributed by atoms with Crippen LogP contribution in [0.25, 0.3) is 0 Å². The van der Waals surface area contributed by atoms with Gasteiger partial charge >= 0.3 is 0 Å². The topological polar surface area (TPSA) is 83.2 Å². The Morgan fingerprint density at radius 1 is 1.26 bits per heavy atom. The molecule has 0 radical (unpaired) electrons. The van der Waals surface area contributed by atoms with Gasteiger partial charge in [0.25, 0.3) is 0 Å². The van der Waals surface area contributed by atoms with Crippen molar-refractivity contribution in [3.63, 3.8) is 0 Å². The summed E-state index contributed by atoms with van der Waals surface area (Å²) >= 11 is 6.12. The quantitative estimate of drug-likeness (QED) is 0.821. The first-order valence-electron chi connectivity index (χ1n) is 7.68. The van der Waals surface area contributed by atoms with Gasteiger partial charge in [-0.1, -0.05) is 23.7 Å². The van der Waals surface area contributed by atoms with E-state index in [9.17, 15) is 0 Å². The van der Waals surface area contributed by atoms with Crippen LogP contribution < -0.4 is 10.2 Å². The van der Waals surface area contributed by atoms with Gasteiger partial charge in [0.05, 0.1) is 6.54 Å². The van der Waals surface area contributed by atoms with Gasteiger partial charge in [0, 0.05) is 39.6 Å². The molecule has 0 amide bonds. The minimum absolute atomic E-state index is 0.443. The molecule has 0 atom stereocenters. The molecule has 3 heterocycles. The molecule has 0 aromatic carbocycles. The molecule has 3 rings (SSSR count). The summed E-state index contributed by atoms with van der Waals surface area (Å²) in [5.74, 6) is 2.28. The SMILES string of the molecule is CCc1nc(CN2CCN(c3ncnc(Cl)c3NC)CC2)no1. The zero-order valence-electron chi connectivity index (χ0n) is 13.3. The van der Waals surface area contributed by atoms with Crippen LogP contribution in [0.3, 0.4) is 0 Å². The molecule has 23 heavy (non-hydrogen) atoms. The molecule has 1 N–H and O–H groups in total. The van der Waals surface area contributed by atoms with Crippen molar-refractivity contribution >= 4 is 23.1 Å². The monoisotopic (exact) mass is 337 g/mol. The van der Waals surface area contributed by atoms with Gasteiger partial charge in [-0.25, -0.2) is 9.97 Å². The molecular formula is C14H20ClN7O. The number of halogens is 1. The number of nitrogens with one attached hydrogen (secondary N) is 1. The molecular weight excluding hydrogens is 318 g/mol. The molecule has 1 saturated heterocycles. The lowest BCUT2D eigenvalue weighted by molar-refractivity contribution is 0.239. The predicted octanol–water partition coefficient (Wildman–Crippen LogP) is 1.44. The molecule has 0 spiro atoms. The highest BCUT2D eigenvalue weighted by atomic mass is 35.5. The Balaban J connectivity index is 1.61. The van der Waals surface area contributed by atoms with E-state index in [0.29, 0.717) is 17.6 Å². The van der Waals surface area contributed by atoms with E-state index in [-0.39, 0.29) is 0 Å². The summed E-state index contributed by atoms with van der Waals surface area (Å²) in [5, 5.41) is 7.53. The van der Waals surface area contributed by atoms with Gasteiger partial charge in [-0.2, -0.15) is 4.98 Å².